The molecule has 2 rings (SSSR count). The number of piperidine rings is 1. The Morgan fingerprint density at radius 3 is 2.59 bits per heavy atom. The molecule has 1 N–H and O–H groups in total. The van der Waals surface area contributed by atoms with Crippen molar-refractivity contribution in [3.8, 4) is 0 Å². The first kappa shape index (κ1) is 12.9. The number of nitrogens with one attached hydrogen (secondary N) is 1. The average Bonchev–Trinajstić information content (AvgIpc) is 2.30. The predicted molar refractivity (Wildman–Crippen MR) is 69.1 cm³/mol. The summed E-state index contributed by atoms with van der Waals surface area (Å²) in [6.07, 6.45) is 2.04. The quantitative estimate of drug-likeness (QED) is 0.918. The third-order valence-electron chi connectivity index (χ3n) is 3.03. The zero-order valence-electron chi connectivity index (χ0n) is 9.52. The van der Waals surface area contributed by atoms with Crippen LogP contribution in [0.2, 0.25) is 5.02 Å². The highest BCUT2D eigenvalue weighted by molar-refractivity contribution is 7.91. The predicted octanol–water partition coefficient (Wildman–Crippen LogP) is 2.11. The topological polar surface area (TPSA) is 46.2 Å². The van der Waals surface area contributed by atoms with E-state index in [1.165, 1.54) is 0 Å². The second-order valence-electron chi connectivity index (χ2n) is 4.45. The molecule has 0 aromatic heterocycles. The number of halogens is 1. The monoisotopic (exact) mass is 273 g/mol. The Morgan fingerprint density at radius 1 is 1.29 bits per heavy atom. The van der Waals surface area contributed by atoms with E-state index < -0.39 is 9.84 Å². The third-order valence-corrected chi connectivity index (χ3v) is 5.18. The second-order valence-corrected chi connectivity index (χ2v) is 6.92. The maximum absolute atomic E-state index is 12.1. The van der Waals surface area contributed by atoms with Crippen molar-refractivity contribution >= 4 is 21.4 Å². The fourth-order valence-electron chi connectivity index (χ4n) is 2.11. The lowest BCUT2D eigenvalue weighted by atomic mass is 10.0. The first-order valence-electron chi connectivity index (χ1n) is 5.77. The first-order valence-corrected chi connectivity index (χ1v) is 7.80. The van der Waals surface area contributed by atoms with E-state index in [-0.39, 0.29) is 11.7 Å². The lowest BCUT2D eigenvalue weighted by molar-refractivity contribution is 0.404. The molecule has 0 radical (unpaired) electrons. The number of hydrogen-bond acceptors (Lipinski definition) is 3. The normalized spacial score (nSPS) is 21.4. The van der Waals surface area contributed by atoms with Crippen molar-refractivity contribution in [3.63, 3.8) is 0 Å². The SMILES string of the molecule is O=S(=O)(C[C@H]1CCCNC1)c1ccc(Cl)cc1. The lowest BCUT2D eigenvalue weighted by Crippen LogP contribution is -2.33. The summed E-state index contributed by atoms with van der Waals surface area (Å²) in [6.45, 7) is 1.80. The Hall–Kier alpha value is -0.580. The Morgan fingerprint density at radius 2 is 2.00 bits per heavy atom. The van der Waals surface area contributed by atoms with Crippen LogP contribution in [0.3, 0.4) is 0 Å². The summed E-state index contributed by atoms with van der Waals surface area (Å²) in [5.41, 5.74) is 0. The fourth-order valence-corrected chi connectivity index (χ4v) is 3.89. The molecule has 1 heterocycles. The molecule has 17 heavy (non-hydrogen) atoms. The van der Waals surface area contributed by atoms with Gasteiger partial charge in [-0.25, -0.2) is 8.42 Å². The molecule has 1 aromatic rings. The molecule has 1 saturated heterocycles. The van der Waals surface area contributed by atoms with Gasteiger partial charge < -0.3 is 5.32 Å². The van der Waals surface area contributed by atoms with E-state index in [2.05, 4.69) is 5.32 Å². The van der Waals surface area contributed by atoms with Crippen LogP contribution >= 0.6 is 11.6 Å². The van der Waals surface area contributed by atoms with E-state index in [0.717, 1.165) is 25.9 Å². The van der Waals surface area contributed by atoms with Crippen LogP contribution in [-0.4, -0.2) is 27.3 Å². The van der Waals surface area contributed by atoms with Crippen LogP contribution in [0.1, 0.15) is 12.8 Å². The summed E-state index contributed by atoms with van der Waals surface area (Å²) >= 11 is 5.75. The van der Waals surface area contributed by atoms with E-state index in [4.69, 9.17) is 11.6 Å². The number of hydrogen-bond donors (Lipinski definition) is 1. The average molecular weight is 274 g/mol. The summed E-state index contributed by atoms with van der Waals surface area (Å²) in [4.78, 5) is 0.368. The molecule has 0 aliphatic carbocycles. The zero-order chi connectivity index (χ0) is 12.3. The van der Waals surface area contributed by atoms with E-state index in [0.29, 0.717) is 9.92 Å². The van der Waals surface area contributed by atoms with Crippen LogP contribution in [0, 0.1) is 5.92 Å². The summed E-state index contributed by atoms with van der Waals surface area (Å²) in [6, 6.07) is 6.39. The van der Waals surface area contributed by atoms with Crippen LogP contribution in [-0.2, 0) is 9.84 Å². The zero-order valence-corrected chi connectivity index (χ0v) is 11.1. The summed E-state index contributed by atoms with van der Waals surface area (Å²) in [5.74, 6) is 0.450. The molecular weight excluding hydrogens is 258 g/mol. The number of rotatable bonds is 3. The molecule has 5 heteroatoms. The van der Waals surface area contributed by atoms with E-state index >= 15 is 0 Å². The molecule has 1 fully saturated rings. The van der Waals surface area contributed by atoms with E-state index in [1.54, 1.807) is 24.3 Å². The van der Waals surface area contributed by atoms with Crippen LogP contribution in [0.4, 0.5) is 0 Å². The number of benzene rings is 1. The van der Waals surface area contributed by atoms with E-state index in [9.17, 15) is 8.42 Å². The van der Waals surface area contributed by atoms with Gasteiger partial charge in [-0.15, -0.1) is 0 Å². The third kappa shape index (κ3) is 3.44. The van der Waals surface area contributed by atoms with Crippen molar-refractivity contribution in [2.75, 3.05) is 18.8 Å². The van der Waals surface area contributed by atoms with Crippen LogP contribution in [0.25, 0.3) is 0 Å². The maximum Gasteiger partial charge on any atom is 0.178 e. The molecule has 94 valence electrons. The second kappa shape index (κ2) is 5.38. The van der Waals surface area contributed by atoms with Gasteiger partial charge in [0.05, 0.1) is 10.6 Å². The molecule has 0 unspecified atom stereocenters. The minimum Gasteiger partial charge on any atom is -0.316 e. The molecule has 1 aliphatic heterocycles. The largest absolute Gasteiger partial charge is 0.316 e. The van der Waals surface area contributed by atoms with Gasteiger partial charge in [-0.05, 0) is 56.1 Å². The molecule has 0 saturated carbocycles. The standard InChI is InChI=1S/C12H16ClNO2S/c13-11-3-5-12(6-4-11)17(15,16)9-10-2-1-7-14-8-10/h3-6,10,14H,1-2,7-9H2/t10-/m0/s1. The van der Waals surface area contributed by atoms with Crippen LogP contribution in [0.15, 0.2) is 29.2 Å². The molecule has 3 nitrogen and oxygen atoms in total. The highest BCUT2D eigenvalue weighted by Crippen LogP contribution is 2.20. The molecule has 0 bridgehead atoms. The Balaban J connectivity index is 2.10. The number of sulfone groups is 1. The van der Waals surface area contributed by atoms with Crippen molar-refractivity contribution in [2.45, 2.75) is 17.7 Å². The first-order chi connectivity index (χ1) is 8.08. The highest BCUT2D eigenvalue weighted by atomic mass is 35.5. The van der Waals surface area contributed by atoms with Crippen LogP contribution in [0.5, 0.6) is 0 Å². The Labute approximate surface area is 107 Å². The molecule has 0 spiro atoms. The van der Waals surface area contributed by atoms with Crippen molar-refractivity contribution in [3.05, 3.63) is 29.3 Å². The summed E-state index contributed by atoms with van der Waals surface area (Å²) < 4.78 is 24.3. The minimum absolute atomic E-state index is 0.224. The minimum atomic E-state index is -3.18. The van der Waals surface area contributed by atoms with Crippen molar-refractivity contribution in [2.24, 2.45) is 5.92 Å². The van der Waals surface area contributed by atoms with Crippen molar-refractivity contribution in [1.29, 1.82) is 0 Å². The van der Waals surface area contributed by atoms with Gasteiger partial charge in [0, 0.05) is 5.02 Å². The molecule has 1 atom stereocenters. The van der Waals surface area contributed by atoms with Gasteiger partial charge >= 0.3 is 0 Å². The molecular formula is C12H16ClNO2S. The Kier molecular flexibility index (Phi) is 4.07. The van der Waals surface area contributed by atoms with Gasteiger partial charge in [-0.1, -0.05) is 11.6 Å². The van der Waals surface area contributed by atoms with Gasteiger partial charge in [-0.2, -0.15) is 0 Å². The highest BCUT2D eigenvalue weighted by Gasteiger charge is 2.22. The van der Waals surface area contributed by atoms with Gasteiger partial charge in [-0.3, -0.25) is 0 Å². The Bertz CT molecular complexity index is 464. The fraction of sp³-hybridized carbons (Fsp3) is 0.500. The summed E-state index contributed by atoms with van der Waals surface area (Å²) in [7, 11) is -3.18. The lowest BCUT2D eigenvalue weighted by Gasteiger charge is -2.22. The molecule has 1 aromatic carbocycles. The van der Waals surface area contributed by atoms with Gasteiger partial charge in [0.1, 0.15) is 0 Å². The van der Waals surface area contributed by atoms with Gasteiger partial charge in [0.15, 0.2) is 9.84 Å². The van der Waals surface area contributed by atoms with E-state index in [1.807, 2.05) is 0 Å². The van der Waals surface area contributed by atoms with Crippen molar-refractivity contribution in [1.82, 2.24) is 5.32 Å². The smallest absolute Gasteiger partial charge is 0.178 e. The van der Waals surface area contributed by atoms with Gasteiger partial charge in [0.25, 0.3) is 0 Å². The van der Waals surface area contributed by atoms with Crippen LogP contribution < -0.4 is 5.32 Å². The van der Waals surface area contributed by atoms with Gasteiger partial charge in [0.2, 0.25) is 0 Å². The van der Waals surface area contributed by atoms with Crippen molar-refractivity contribution < 1.29 is 8.42 Å². The maximum atomic E-state index is 12.1. The molecule has 1 aliphatic rings. The summed E-state index contributed by atoms with van der Waals surface area (Å²) in [5, 5.41) is 3.79. The molecule has 0 amide bonds.